The van der Waals surface area contributed by atoms with Crippen LogP contribution in [0.2, 0.25) is 0 Å². The molecule has 1 atom stereocenters. The summed E-state index contributed by atoms with van der Waals surface area (Å²) in [6, 6.07) is -0.0274. The molecule has 0 spiro atoms. The second-order valence-electron chi connectivity index (χ2n) is 6.79. The topological polar surface area (TPSA) is 78.2 Å². The summed E-state index contributed by atoms with van der Waals surface area (Å²) in [4.78, 5) is 23.7. The lowest BCUT2D eigenvalue weighted by atomic mass is 9.94. The highest BCUT2D eigenvalue weighted by Gasteiger charge is 2.46. The predicted octanol–water partition coefficient (Wildman–Crippen LogP) is 0.434. The first-order valence-corrected chi connectivity index (χ1v) is 7.19. The number of carbonyl (C=O) groups is 1. The summed E-state index contributed by atoms with van der Waals surface area (Å²) < 4.78 is 8.62. The number of amides is 1. The van der Waals surface area contributed by atoms with Crippen LogP contribution < -0.4 is 11.0 Å². The highest BCUT2D eigenvalue weighted by Crippen LogP contribution is 2.37. The zero-order valence-electron chi connectivity index (χ0n) is 13.3. The molecule has 7 nitrogen and oxygen atoms in total. The van der Waals surface area contributed by atoms with Gasteiger partial charge in [-0.15, -0.1) is 0 Å². The summed E-state index contributed by atoms with van der Waals surface area (Å²) >= 11 is 0. The molecule has 1 fully saturated rings. The molecular formula is C14H24N4O3. The Balaban J connectivity index is 1.91. The van der Waals surface area contributed by atoms with Gasteiger partial charge in [-0.1, -0.05) is 0 Å². The average Bonchev–Trinajstić information content (AvgIpc) is 2.75. The Bertz CT molecular complexity index is 585. The van der Waals surface area contributed by atoms with Crippen LogP contribution in [0.25, 0.3) is 0 Å². The number of ether oxygens (including phenoxy) is 1. The Labute approximate surface area is 124 Å². The van der Waals surface area contributed by atoms with E-state index in [2.05, 4.69) is 10.4 Å². The van der Waals surface area contributed by atoms with Gasteiger partial charge in [0.1, 0.15) is 6.33 Å². The molecule has 118 valence electrons. The van der Waals surface area contributed by atoms with Crippen LogP contribution in [0.1, 0.15) is 40.5 Å². The molecule has 2 rings (SSSR count). The normalized spacial score (nSPS) is 23.2. The lowest BCUT2D eigenvalue weighted by molar-refractivity contribution is -0.124. The fourth-order valence-corrected chi connectivity index (χ4v) is 2.84. The fourth-order valence-electron chi connectivity index (χ4n) is 2.84. The highest BCUT2D eigenvalue weighted by atomic mass is 16.5. The maximum absolute atomic E-state index is 12.1. The number of hydrogen-bond donors (Lipinski definition) is 1. The molecule has 1 N–H and O–H groups in total. The van der Waals surface area contributed by atoms with E-state index in [0.29, 0.717) is 0 Å². The molecular weight excluding hydrogens is 272 g/mol. The molecule has 1 aliphatic heterocycles. The maximum Gasteiger partial charge on any atom is 0.345 e. The van der Waals surface area contributed by atoms with E-state index >= 15 is 0 Å². The number of nitrogens with one attached hydrogen (secondary N) is 1. The van der Waals surface area contributed by atoms with Gasteiger partial charge in [0, 0.05) is 13.5 Å². The second-order valence-corrected chi connectivity index (χ2v) is 6.79. The number of rotatable bonds is 4. The third-order valence-corrected chi connectivity index (χ3v) is 3.85. The standard InChI is InChI=1S/C14H24N4O3/c1-13(2)8-10(14(3,4)21-13)16-11(19)6-7-18-12(20)17(5)9-15-18/h9-10H,6-8H2,1-5H3,(H,16,19). The molecule has 2 heterocycles. The highest BCUT2D eigenvalue weighted by molar-refractivity contribution is 5.76. The van der Waals surface area contributed by atoms with Crippen LogP contribution in [0.15, 0.2) is 11.1 Å². The molecule has 1 saturated heterocycles. The first kappa shape index (κ1) is 15.8. The first-order chi connectivity index (χ1) is 9.61. The van der Waals surface area contributed by atoms with Crippen LogP contribution in [0, 0.1) is 0 Å². The van der Waals surface area contributed by atoms with Crippen molar-refractivity contribution >= 4 is 5.91 Å². The van der Waals surface area contributed by atoms with Crippen molar-refractivity contribution in [1.82, 2.24) is 19.7 Å². The fraction of sp³-hybridized carbons (Fsp3) is 0.786. The van der Waals surface area contributed by atoms with Gasteiger partial charge in [0.25, 0.3) is 0 Å². The van der Waals surface area contributed by atoms with E-state index < -0.39 is 0 Å². The first-order valence-electron chi connectivity index (χ1n) is 7.19. The molecule has 1 aromatic heterocycles. The van der Waals surface area contributed by atoms with Crippen LogP contribution in [0.5, 0.6) is 0 Å². The van der Waals surface area contributed by atoms with Gasteiger partial charge in [0.2, 0.25) is 5.91 Å². The van der Waals surface area contributed by atoms with Crippen molar-refractivity contribution in [2.24, 2.45) is 7.05 Å². The maximum atomic E-state index is 12.1. The zero-order chi connectivity index (χ0) is 15.8. The van der Waals surface area contributed by atoms with Crippen molar-refractivity contribution in [2.45, 2.75) is 64.3 Å². The molecule has 1 amide bonds. The van der Waals surface area contributed by atoms with E-state index in [1.165, 1.54) is 15.6 Å². The van der Waals surface area contributed by atoms with Gasteiger partial charge in [0.05, 0.1) is 23.8 Å². The Morgan fingerprint density at radius 2 is 2.14 bits per heavy atom. The number of hydrogen-bond acceptors (Lipinski definition) is 4. The smallest absolute Gasteiger partial charge is 0.345 e. The van der Waals surface area contributed by atoms with E-state index in [-0.39, 0.29) is 41.8 Å². The van der Waals surface area contributed by atoms with Crippen molar-refractivity contribution in [1.29, 1.82) is 0 Å². The van der Waals surface area contributed by atoms with Crippen LogP contribution in [-0.4, -0.2) is 37.5 Å². The molecule has 7 heteroatoms. The van der Waals surface area contributed by atoms with Crippen LogP contribution in [-0.2, 0) is 23.1 Å². The SMILES string of the molecule is Cn1cnn(CCC(=O)NC2CC(C)(C)OC2(C)C)c1=O. The van der Waals surface area contributed by atoms with Crippen molar-refractivity contribution < 1.29 is 9.53 Å². The minimum Gasteiger partial charge on any atom is -0.367 e. The summed E-state index contributed by atoms with van der Waals surface area (Å²) in [6.45, 7) is 8.29. The summed E-state index contributed by atoms with van der Waals surface area (Å²) in [7, 11) is 1.63. The van der Waals surface area contributed by atoms with Crippen LogP contribution in [0.3, 0.4) is 0 Å². The van der Waals surface area contributed by atoms with Gasteiger partial charge in [0.15, 0.2) is 0 Å². The Morgan fingerprint density at radius 3 is 2.62 bits per heavy atom. The van der Waals surface area contributed by atoms with Gasteiger partial charge < -0.3 is 10.1 Å². The summed E-state index contributed by atoms with van der Waals surface area (Å²) in [5.41, 5.74) is -0.839. The molecule has 0 radical (unpaired) electrons. The molecule has 0 aliphatic carbocycles. The Kier molecular flexibility index (Phi) is 3.97. The number of nitrogens with zero attached hydrogens (tertiary/aromatic N) is 3. The van der Waals surface area contributed by atoms with E-state index in [9.17, 15) is 9.59 Å². The minimum atomic E-state index is -0.388. The van der Waals surface area contributed by atoms with E-state index in [4.69, 9.17) is 4.74 Å². The van der Waals surface area contributed by atoms with E-state index in [1.54, 1.807) is 7.05 Å². The molecule has 1 aromatic rings. The molecule has 0 saturated carbocycles. The minimum absolute atomic E-state index is 0.0274. The molecule has 1 unspecified atom stereocenters. The predicted molar refractivity (Wildman–Crippen MR) is 77.9 cm³/mol. The second kappa shape index (κ2) is 5.29. The van der Waals surface area contributed by atoms with Gasteiger partial charge in [-0.2, -0.15) is 5.10 Å². The lowest BCUT2D eigenvalue weighted by Crippen LogP contribution is -2.46. The third-order valence-electron chi connectivity index (χ3n) is 3.85. The van der Waals surface area contributed by atoms with Gasteiger partial charge >= 0.3 is 5.69 Å². The van der Waals surface area contributed by atoms with Gasteiger partial charge in [-0.05, 0) is 34.1 Å². The molecule has 21 heavy (non-hydrogen) atoms. The molecule has 0 aromatic carbocycles. The van der Waals surface area contributed by atoms with E-state index in [1.807, 2.05) is 27.7 Å². The lowest BCUT2D eigenvalue weighted by Gasteiger charge is -2.27. The van der Waals surface area contributed by atoms with Crippen LogP contribution in [0.4, 0.5) is 0 Å². The number of aromatic nitrogens is 3. The van der Waals surface area contributed by atoms with Crippen molar-refractivity contribution in [3.63, 3.8) is 0 Å². The number of aryl methyl sites for hydroxylation is 2. The monoisotopic (exact) mass is 296 g/mol. The third kappa shape index (κ3) is 3.53. The van der Waals surface area contributed by atoms with Crippen LogP contribution >= 0.6 is 0 Å². The Morgan fingerprint density at radius 1 is 1.48 bits per heavy atom. The number of carbonyl (C=O) groups excluding carboxylic acids is 1. The molecule has 0 bridgehead atoms. The van der Waals surface area contributed by atoms with Gasteiger partial charge in [-0.3, -0.25) is 9.36 Å². The van der Waals surface area contributed by atoms with Crippen molar-refractivity contribution in [3.05, 3.63) is 16.8 Å². The van der Waals surface area contributed by atoms with Crippen molar-refractivity contribution in [3.8, 4) is 0 Å². The Hall–Kier alpha value is -1.63. The summed E-state index contributed by atoms with van der Waals surface area (Å²) in [5, 5.41) is 6.94. The zero-order valence-corrected chi connectivity index (χ0v) is 13.3. The summed E-state index contributed by atoms with van der Waals surface area (Å²) in [5.74, 6) is -0.0908. The molecule has 1 aliphatic rings. The quantitative estimate of drug-likeness (QED) is 0.874. The van der Waals surface area contributed by atoms with E-state index in [0.717, 1.165) is 6.42 Å². The van der Waals surface area contributed by atoms with Crippen molar-refractivity contribution in [2.75, 3.05) is 0 Å². The average molecular weight is 296 g/mol. The summed E-state index contributed by atoms with van der Waals surface area (Å²) in [6.07, 6.45) is 2.44. The van der Waals surface area contributed by atoms with Gasteiger partial charge in [-0.25, -0.2) is 9.48 Å². The largest absolute Gasteiger partial charge is 0.367 e.